The van der Waals surface area contributed by atoms with Crippen molar-refractivity contribution in [3.63, 3.8) is 0 Å². The van der Waals surface area contributed by atoms with E-state index in [2.05, 4.69) is 5.32 Å². The second-order valence-electron chi connectivity index (χ2n) is 6.85. The van der Waals surface area contributed by atoms with Crippen LogP contribution in [0.5, 0.6) is 0 Å². The Hall–Kier alpha value is -1.13. The van der Waals surface area contributed by atoms with Gasteiger partial charge >= 0.3 is 0 Å². The van der Waals surface area contributed by atoms with Gasteiger partial charge in [0.15, 0.2) is 0 Å². The number of carbonyl (C=O) groups is 1. The summed E-state index contributed by atoms with van der Waals surface area (Å²) in [5, 5.41) is 3.39. The van der Waals surface area contributed by atoms with Crippen LogP contribution in [-0.2, 0) is 10.2 Å². The molecule has 2 unspecified atom stereocenters. The fourth-order valence-electron chi connectivity index (χ4n) is 3.05. The molecule has 5 heteroatoms. The Morgan fingerprint density at radius 1 is 1.45 bits per heavy atom. The van der Waals surface area contributed by atoms with Gasteiger partial charge in [-0.1, -0.05) is 37.9 Å². The fourth-order valence-corrected chi connectivity index (χ4v) is 3.47. The number of halogens is 2. The van der Waals surface area contributed by atoms with Crippen LogP contribution in [0.1, 0.15) is 45.1 Å². The maximum Gasteiger partial charge on any atom is 0.223 e. The second kappa shape index (κ2) is 6.97. The Labute approximate surface area is 136 Å². The van der Waals surface area contributed by atoms with Gasteiger partial charge in [0, 0.05) is 28.9 Å². The van der Waals surface area contributed by atoms with Gasteiger partial charge in [-0.05, 0) is 37.0 Å². The minimum atomic E-state index is -0.364. The summed E-state index contributed by atoms with van der Waals surface area (Å²) < 4.78 is 13.2. The van der Waals surface area contributed by atoms with Gasteiger partial charge in [0.1, 0.15) is 5.82 Å². The number of benzene rings is 1. The van der Waals surface area contributed by atoms with Gasteiger partial charge in [-0.15, -0.1) is 0 Å². The zero-order valence-corrected chi connectivity index (χ0v) is 13.9. The summed E-state index contributed by atoms with van der Waals surface area (Å²) in [6.07, 6.45) is 3.66. The van der Waals surface area contributed by atoms with E-state index in [4.69, 9.17) is 17.3 Å². The van der Waals surface area contributed by atoms with E-state index in [-0.39, 0.29) is 29.1 Å². The number of carbonyl (C=O) groups excluding carboxylic acids is 1. The van der Waals surface area contributed by atoms with Gasteiger partial charge in [0.2, 0.25) is 5.91 Å². The molecule has 2 atom stereocenters. The highest BCUT2D eigenvalue weighted by molar-refractivity contribution is 6.31. The van der Waals surface area contributed by atoms with Gasteiger partial charge < -0.3 is 11.1 Å². The Morgan fingerprint density at radius 3 is 2.82 bits per heavy atom. The molecule has 0 bridgehead atoms. The first-order chi connectivity index (χ1) is 10.3. The molecular weight excluding hydrogens is 303 g/mol. The van der Waals surface area contributed by atoms with Crippen LogP contribution >= 0.6 is 11.6 Å². The molecule has 0 heterocycles. The molecule has 1 amide bonds. The molecule has 22 heavy (non-hydrogen) atoms. The van der Waals surface area contributed by atoms with Gasteiger partial charge in [0.25, 0.3) is 0 Å². The number of amides is 1. The summed E-state index contributed by atoms with van der Waals surface area (Å²) in [5.74, 6) is -0.297. The number of nitrogens with two attached hydrogens (primary N) is 1. The van der Waals surface area contributed by atoms with Crippen molar-refractivity contribution >= 4 is 17.5 Å². The van der Waals surface area contributed by atoms with E-state index >= 15 is 0 Å². The maximum atomic E-state index is 13.2. The number of nitrogens with one attached hydrogen (secondary N) is 1. The highest BCUT2D eigenvalue weighted by atomic mass is 35.5. The molecule has 122 valence electrons. The van der Waals surface area contributed by atoms with Crippen LogP contribution in [-0.4, -0.2) is 18.5 Å². The van der Waals surface area contributed by atoms with E-state index in [1.165, 1.54) is 12.1 Å². The number of rotatable bonds is 4. The van der Waals surface area contributed by atoms with Crippen molar-refractivity contribution in [2.24, 2.45) is 11.7 Å². The SMILES string of the molecule is CC(C)(CNC(=O)C1CCCC(N)C1)c1ccc(F)cc1Cl. The third kappa shape index (κ3) is 4.20. The predicted molar refractivity (Wildman–Crippen MR) is 87.4 cm³/mol. The van der Waals surface area contributed by atoms with Crippen LogP contribution in [0.25, 0.3) is 0 Å². The summed E-state index contributed by atoms with van der Waals surface area (Å²) in [5.41, 5.74) is 6.40. The fraction of sp³-hybridized carbons (Fsp3) is 0.588. The summed E-state index contributed by atoms with van der Waals surface area (Å²) in [6.45, 7) is 4.43. The van der Waals surface area contributed by atoms with Crippen molar-refractivity contribution in [2.45, 2.75) is 51.0 Å². The minimum absolute atomic E-state index is 0.00300. The molecule has 0 radical (unpaired) electrons. The summed E-state index contributed by atoms with van der Waals surface area (Å²) in [4.78, 5) is 12.3. The highest BCUT2D eigenvalue weighted by Crippen LogP contribution is 2.30. The lowest BCUT2D eigenvalue weighted by atomic mass is 9.83. The van der Waals surface area contributed by atoms with Crippen molar-refractivity contribution in [3.8, 4) is 0 Å². The summed E-state index contributed by atoms with van der Waals surface area (Å²) >= 11 is 6.13. The Bertz CT molecular complexity index is 547. The molecule has 1 aliphatic carbocycles. The normalized spacial score (nSPS) is 22.4. The first kappa shape index (κ1) is 17.2. The van der Waals surface area contributed by atoms with Crippen molar-refractivity contribution in [2.75, 3.05) is 6.54 Å². The van der Waals surface area contributed by atoms with Crippen molar-refractivity contribution in [1.29, 1.82) is 0 Å². The van der Waals surface area contributed by atoms with Gasteiger partial charge in [-0.3, -0.25) is 4.79 Å². The quantitative estimate of drug-likeness (QED) is 0.891. The molecule has 3 nitrogen and oxygen atoms in total. The molecule has 1 aromatic carbocycles. The largest absolute Gasteiger partial charge is 0.355 e. The first-order valence-electron chi connectivity index (χ1n) is 7.78. The van der Waals surface area contributed by atoms with Gasteiger partial charge in [-0.2, -0.15) is 0 Å². The average Bonchev–Trinajstić information content (AvgIpc) is 2.44. The van der Waals surface area contributed by atoms with Crippen LogP contribution in [0.4, 0.5) is 4.39 Å². The number of hydrogen-bond donors (Lipinski definition) is 2. The molecule has 0 saturated heterocycles. The van der Waals surface area contributed by atoms with Gasteiger partial charge in [-0.25, -0.2) is 4.39 Å². The standard InChI is InChI=1S/C17H24ClFN2O/c1-17(2,14-7-6-12(19)9-15(14)18)10-21-16(22)11-4-3-5-13(20)8-11/h6-7,9,11,13H,3-5,8,10,20H2,1-2H3,(H,21,22). The molecule has 0 aliphatic heterocycles. The van der Waals surface area contributed by atoms with Gasteiger partial charge in [0.05, 0.1) is 0 Å². The van der Waals surface area contributed by atoms with E-state index in [0.717, 1.165) is 31.2 Å². The lowest BCUT2D eigenvalue weighted by molar-refractivity contribution is -0.126. The maximum absolute atomic E-state index is 13.2. The smallest absolute Gasteiger partial charge is 0.223 e. The third-order valence-corrected chi connectivity index (χ3v) is 4.76. The van der Waals surface area contributed by atoms with Crippen molar-refractivity contribution < 1.29 is 9.18 Å². The zero-order valence-electron chi connectivity index (χ0n) is 13.2. The molecule has 1 fully saturated rings. The van der Waals surface area contributed by atoms with Crippen LogP contribution in [0.15, 0.2) is 18.2 Å². The Kier molecular flexibility index (Phi) is 5.45. The average molecular weight is 327 g/mol. The first-order valence-corrected chi connectivity index (χ1v) is 8.16. The lowest BCUT2D eigenvalue weighted by Crippen LogP contribution is -2.42. The van der Waals surface area contributed by atoms with Crippen molar-refractivity contribution in [1.82, 2.24) is 5.32 Å². The molecule has 1 aromatic rings. The Balaban J connectivity index is 1.98. The lowest BCUT2D eigenvalue weighted by Gasteiger charge is -2.30. The van der Waals surface area contributed by atoms with E-state index < -0.39 is 0 Å². The topological polar surface area (TPSA) is 55.1 Å². The summed E-state index contributed by atoms with van der Waals surface area (Å²) in [6, 6.07) is 4.51. The van der Waals surface area contributed by atoms with Crippen LogP contribution in [0.3, 0.4) is 0 Å². The summed E-state index contributed by atoms with van der Waals surface area (Å²) in [7, 11) is 0. The number of hydrogen-bond acceptors (Lipinski definition) is 2. The van der Waals surface area contributed by atoms with Crippen LogP contribution in [0.2, 0.25) is 5.02 Å². The molecular formula is C17H24ClFN2O. The molecule has 0 spiro atoms. The monoisotopic (exact) mass is 326 g/mol. The predicted octanol–water partition coefficient (Wildman–Crippen LogP) is 3.39. The van der Waals surface area contributed by atoms with Crippen LogP contribution < -0.4 is 11.1 Å². The minimum Gasteiger partial charge on any atom is -0.355 e. The third-order valence-electron chi connectivity index (χ3n) is 4.45. The van der Waals surface area contributed by atoms with E-state index in [9.17, 15) is 9.18 Å². The van der Waals surface area contributed by atoms with E-state index in [0.29, 0.717) is 11.6 Å². The molecule has 1 saturated carbocycles. The molecule has 1 aliphatic rings. The van der Waals surface area contributed by atoms with E-state index in [1.54, 1.807) is 6.07 Å². The molecule has 2 rings (SSSR count). The van der Waals surface area contributed by atoms with E-state index in [1.807, 2.05) is 13.8 Å². The molecule has 0 aromatic heterocycles. The second-order valence-corrected chi connectivity index (χ2v) is 7.26. The Morgan fingerprint density at radius 2 is 2.18 bits per heavy atom. The molecule has 3 N–H and O–H groups in total. The highest BCUT2D eigenvalue weighted by Gasteiger charge is 2.28. The zero-order chi connectivity index (χ0) is 16.3. The van der Waals surface area contributed by atoms with Crippen LogP contribution in [0, 0.1) is 11.7 Å². The van der Waals surface area contributed by atoms with Crippen molar-refractivity contribution in [3.05, 3.63) is 34.6 Å².